The van der Waals surface area contributed by atoms with Gasteiger partial charge in [0.2, 0.25) is 5.95 Å². The van der Waals surface area contributed by atoms with Crippen LogP contribution in [-0.4, -0.2) is 24.1 Å². The summed E-state index contributed by atoms with van der Waals surface area (Å²) >= 11 is 0. The second-order valence-corrected chi connectivity index (χ2v) is 12.1. The van der Waals surface area contributed by atoms with Crippen LogP contribution in [0, 0.1) is 0 Å². The lowest BCUT2D eigenvalue weighted by Gasteiger charge is -2.11. The highest BCUT2D eigenvalue weighted by atomic mass is 15.2. The monoisotopic (exact) mass is 613 g/mol. The van der Waals surface area contributed by atoms with Crippen LogP contribution < -0.4 is 0 Å². The van der Waals surface area contributed by atoms with E-state index in [2.05, 4.69) is 137 Å². The van der Waals surface area contributed by atoms with Gasteiger partial charge in [0.25, 0.3) is 0 Å². The van der Waals surface area contributed by atoms with E-state index in [-0.39, 0.29) is 0 Å². The van der Waals surface area contributed by atoms with Crippen LogP contribution in [0.3, 0.4) is 0 Å². The molecule has 0 aliphatic carbocycles. The highest BCUT2D eigenvalue weighted by Gasteiger charge is 2.21. The van der Waals surface area contributed by atoms with Crippen LogP contribution >= 0.6 is 0 Å². The van der Waals surface area contributed by atoms with Crippen LogP contribution in [0.4, 0.5) is 0 Å². The second kappa shape index (κ2) is 10.5. The van der Waals surface area contributed by atoms with Crippen LogP contribution in [0.1, 0.15) is 0 Å². The van der Waals surface area contributed by atoms with Gasteiger partial charge >= 0.3 is 0 Å². The molecule has 0 aliphatic heterocycles. The predicted molar refractivity (Wildman–Crippen MR) is 197 cm³/mol. The van der Waals surface area contributed by atoms with E-state index in [4.69, 9.17) is 15.0 Å². The summed E-state index contributed by atoms with van der Waals surface area (Å²) in [7, 11) is 0. The Hall–Kier alpha value is -6.59. The van der Waals surface area contributed by atoms with E-state index in [0.29, 0.717) is 17.6 Å². The first-order valence-electron chi connectivity index (χ1n) is 16.1. The lowest BCUT2D eigenvalue weighted by molar-refractivity contribution is 0.954. The van der Waals surface area contributed by atoms with Crippen LogP contribution in [0.25, 0.3) is 88.8 Å². The molecule has 0 saturated heterocycles. The van der Waals surface area contributed by atoms with Crippen molar-refractivity contribution in [3.8, 4) is 34.4 Å². The smallest absolute Gasteiger partial charge is 0.238 e. The molecule has 0 fully saturated rings. The van der Waals surface area contributed by atoms with Crippen molar-refractivity contribution in [1.82, 2.24) is 24.1 Å². The minimum Gasteiger partial charge on any atom is -0.309 e. The summed E-state index contributed by atoms with van der Waals surface area (Å²) in [5, 5.41) is 7.03. The van der Waals surface area contributed by atoms with Crippen LogP contribution in [0.5, 0.6) is 0 Å². The van der Waals surface area contributed by atoms with Gasteiger partial charge in [0.05, 0.1) is 22.1 Å². The molecular weight excluding hydrogens is 587 g/mol. The quantitative estimate of drug-likeness (QED) is 0.198. The molecular formula is C43H27N5. The molecule has 5 nitrogen and oxygen atoms in total. The van der Waals surface area contributed by atoms with E-state index in [0.717, 1.165) is 44.1 Å². The van der Waals surface area contributed by atoms with E-state index in [1.807, 2.05) is 36.4 Å². The minimum atomic E-state index is 0.587. The zero-order valence-corrected chi connectivity index (χ0v) is 25.8. The molecule has 5 heteroatoms. The Morgan fingerprint density at radius 2 is 0.812 bits per heavy atom. The highest BCUT2D eigenvalue weighted by Crippen LogP contribution is 2.40. The summed E-state index contributed by atoms with van der Waals surface area (Å²) in [6.45, 7) is 0. The fraction of sp³-hybridized carbons (Fsp3) is 0. The van der Waals surface area contributed by atoms with Gasteiger partial charge in [-0.15, -0.1) is 0 Å². The zero-order valence-electron chi connectivity index (χ0n) is 25.8. The van der Waals surface area contributed by atoms with Crippen molar-refractivity contribution in [2.45, 2.75) is 0 Å². The average Bonchev–Trinajstić information content (AvgIpc) is 3.65. The van der Waals surface area contributed by atoms with E-state index >= 15 is 0 Å². The summed E-state index contributed by atoms with van der Waals surface area (Å²) in [6, 6.07) is 57.4. The topological polar surface area (TPSA) is 48.5 Å². The molecule has 0 bridgehead atoms. The van der Waals surface area contributed by atoms with Crippen molar-refractivity contribution in [1.29, 1.82) is 0 Å². The van der Waals surface area contributed by atoms with Crippen molar-refractivity contribution < 1.29 is 0 Å². The van der Waals surface area contributed by atoms with Crippen LogP contribution in [-0.2, 0) is 0 Å². The van der Waals surface area contributed by atoms with Crippen molar-refractivity contribution in [3.63, 3.8) is 0 Å². The van der Waals surface area contributed by atoms with Gasteiger partial charge in [-0.05, 0) is 53.2 Å². The highest BCUT2D eigenvalue weighted by molar-refractivity contribution is 6.20. The molecule has 10 aromatic rings. The van der Waals surface area contributed by atoms with Gasteiger partial charge in [-0.1, -0.05) is 121 Å². The van der Waals surface area contributed by atoms with Crippen LogP contribution in [0.15, 0.2) is 164 Å². The summed E-state index contributed by atoms with van der Waals surface area (Å²) in [6.07, 6.45) is 0. The molecule has 0 unspecified atom stereocenters. The Morgan fingerprint density at radius 3 is 1.48 bits per heavy atom. The van der Waals surface area contributed by atoms with Gasteiger partial charge < -0.3 is 4.57 Å². The summed E-state index contributed by atoms with van der Waals surface area (Å²) in [5.41, 5.74) is 7.45. The molecule has 0 amide bonds. The molecule has 0 radical (unpaired) electrons. The van der Waals surface area contributed by atoms with E-state index in [9.17, 15) is 0 Å². The number of hydrogen-bond acceptors (Lipinski definition) is 3. The standard InChI is InChI=1S/C43H27N5/c1-4-14-28(15-5-1)41-44-42(29-16-6-2-7-17-29)46-43(45-41)48-38-25-31-19-11-10-18-30(31)24-34(38)36-27-39-35(26-40(36)48)33-22-12-13-23-37(33)47(39)32-20-8-3-9-21-32/h1-27H. The number of hydrogen-bond donors (Lipinski definition) is 0. The summed E-state index contributed by atoms with van der Waals surface area (Å²) in [4.78, 5) is 15.3. The first-order chi connectivity index (χ1) is 23.8. The van der Waals surface area contributed by atoms with Crippen molar-refractivity contribution in [2.75, 3.05) is 0 Å². The van der Waals surface area contributed by atoms with Gasteiger partial charge in [0.15, 0.2) is 11.6 Å². The first kappa shape index (κ1) is 26.6. The normalized spacial score (nSPS) is 11.8. The molecule has 3 heterocycles. The Kier molecular flexibility index (Phi) is 5.81. The predicted octanol–water partition coefficient (Wildman–Crippen LogP) is 10.6. The Balaban J connectivity index is 1.36. The molecule has 0 aliphatic rings. The molecule has 0 N–H and O–H groups in total. The maximum absolute atomic E-state index is 5.18. The molecule has 7 aromatic carbocycles. The second-order valence-electron chi connectivity index (χ2n) is 12.1. The van der Waals surface area contributed by atoms with Gasteiger partial charge in [0, 0.05) is 38.4 Å². The molecule has 3 aromatic heterocycles. The largest absolute Gasteiger partial charge is 0.309 e. The number of benzene rings is 7. The number of nitrogens with zero attached hydrogens (tertiary/aromatic N) is 5. The molecule has 224 valence electrons. The maximum Gasteiger partial charge on any atom is 0.238 e. The zero-order chi connectivity index (χ0) is 31.6. The maximum atomic E-state index is 5.18. The third-order valence-corrected chi connectivity index (χ3v) is 9.33. The third kappa shape index (κ3) is 4.08. The van der Waals surface area contributed by atoms with Gasteiger partial charge in [0.1, 0.15) is 0 Å². The van der Waals surface area contributed by atoms with E-state index in [1.165, 1.54) is 27.1 Å². The third-order valence-electron chi connectivity index (χ3n) is 9.33. The van der Waals surface area contributed by atoms with Crippen molar-refractivity contribution in [3.05, 3.63) is 164 Å². The van der Waals surface area contributed by atoms with Gasteiger partial charge in [-0.25, -0.2) is 4.98 Å². The van der Waals surface area contributed by atoms with Gasteiger partial charge in [-0.2, -0.15) is 9.97 Å². The number of para-hydroxylation sites is 2. The molecule has 10 rings (SSSR count). The van der Waals surface area contributed by atoms with Crippen LogP contribution in [0.2, 0.25) is 0 Å². The molecule has 0 saturated carbocycles. The molecule has 0 spiro atoms. The van der Waals surface area contributed by atoms with Crippen molar-refractivity contribution in [2.24, 2.45) is 0 Å². The number of rotatable bonds is 4. The Labute approximate surface area is 276 Å². The fourth-order valence-corrected chi connectivity index (χ4v) is 7.13. The lowest BCUT2D eigenvalue weighted by Crippen LogP contribution is -2.06. The van der Waals surface area contributed by atoms with Gasteiger partial charge in [-0.3, -0.25) is 4.57 Å². The Bertz CT molecular complexity index is 2760. The first-order valence-corrected chi connectivity index (χ1v) is 16.1. The fourth-order valence-electron chi connectivity index (χ4n) is 7.13. The average molecular weight is 614 g/mol. The van der Waals surface area contributed by atoms with E-state index < -0.39 is 0 Å². The lowest BCUT2D eigenvalue weighted by atomic mass is 10.1. The summed E-state index contributed by atoms with van der Waals surface area (Å²) in [5.74, 6) is 1.86. The SMILES string of the molecule is c1ccc(-c2nc(-c3ccccc3)nc(-n3c4cc5ccccc5cc4c4cc5c(cc43)c3ccccc3n5-c3ccccc3)n2)cc1. The minimum absolute atomic E-state index is 0.587. The summed E-state index contributed by atoms with van der Waals surface area (Å²) < 4.78 is 4.60. The van der Waals surface area contributed by atoms with E-state index in [1.54, 1.807) is 0 Å². The Morgan fingerprint density at radius 1 is 0.333 bits per heavy atom. The molecule has 0 atom stereocenters. The number of aromatic nitrogens is 5. The van der Waals surface area contributed by atoms with Crippen molar-refractivity contribution >= 4 is 54.4 Å². The molecule has 48 heavy (non-hydrogen) atoms. The number of fused-ring (bicyclic) bond motifs is 7.